The lowest BCUT2D eigenvalue weighted by atomic mass is 10.2. The van der Waals surface area contributed by atoms with E-state index in [0.29, 0.717) is 12.1 Å². The molecule has 0 aliphatic carbocycles. The van der Waals surface area contributed by atoms with Gasteiger partial charge in [-0.3, -0.25) is 4.72 Å². The molecule has 5 nitrogen and oxygen atoms in total. The largest absolute Gasteiger partial charge is 0.363 e. The van der Waals surface area contributed by atoms with Gasteiger partial charge in [-0.05, 0) is 37.7 Å². The minimum atomic E-state index is -3.72. The Balaban J connectivity index is 2.23. The van der Waals surface area contributed by atoms with Gasteiger partial charge >= 0.3 is 0 Å². The molecular formula is C13H16FN3O2S. The molecule has 1 heterocycles. The molecule has 108 valence electrons. The van der Waals surface area contributed by atoms with E-state index in [1.54, 1.807) is 14.0 Å². The molecule has 0 aliphatic rings. The standard InChI is InChI=1S/C13H16FN3O2S/c1-9-3-4-10(6-13(9)14)17-20(18,19)12-5-11(7-15-2)16-8-12/h3-6,8,15-17H,7H2,1-2H3. The Bertz CT molecular complexity index is 710. The number of rotatable bonds is 5. The number of hydrogen-bond acceptors (Lipinski definition) is 3. The Morgan fingerprint density at radius 1 is 1.30 bits per heavy atom. The molecule has 0 saturated carbocycles. The van der Waals surface area contributed by atoms with Crippen LogP contribution in [0.2, 0.25) is 0 Å². The summed E-state index contributed by atoms with van der Waals surface area (Å²) in [5.74, 6) is -0.449. The van der Waals surface area contributed by atoms with Crippen molar-refractivity contribution in [1.29, 1.82) is 0 Å². The van der Waals surface area contributed by atoms with Gasteiger partial charge in [-0.1, -0.05) is 6.07 Å². The van der Waals surface area contributed by atoms with Crippen LogP contribution < -0.4 is 10.0 Å². The minimum absolute atomic E-state index is 0.115. The average Bonchev–Trinajstić information content (AvgIpc) is 2.83. The molecule has 1 aromatic carbocycles. The van der Waals surface area contributed by atoms with E-state index in [9.17, 15) is 12.8 Å². The summed E-state index contributed by atoms with van der Waals surface area (Å²) in [5.41, 5.74) is 1.42. The van der Waals surface area contributed by atoms with Crippen LogP contribution in [-0.4, -0.2) is 20.4 Å². The molecule has 3 N–H and O–H groups in total. The van der Waals surface area contributed by atoms with E-state index < -0.39 is 15.8 Å². The van der Waals surface area contributed by atoms with Gasteiger partial charge in [0.2, 0.25) is 0 Å². The third kappa shape index (κ3) is 3.17. The zero-order chi connectivity index (χ0) is 14.8. The highest BCUT2D eigenvalue weighted by atomic mass is 32.2. The van der Waals surface area contributed by atoms with Gasteiger partial charge in [-0.25, -0.2) is 12.8 Å². The average molecular weight is 297 g/mol. The zero-order valence-electron chi connectivity index (χ0n) is 11.2. The second-order valence-electron chi connectivity index (χ2n) is 4.46. The molecule has 2 aromatic rings. The highest BCUT2D eigenvalue weighted by molar-refractivity contribution is 7.92. The fourth-order valence-electron chi connectivity index (χ4n) is 1.74. The highest BCUT2D eigenvalue weighted by Crippen LogP contribution is 2.19. The molecule has 0 radical (unpaired) electrons. The van der Waals surface area contributed by atoms with E-state index in [-0.39, 0.29) is 10.6 Å². The Morgan fingerprint density at radius 3 is 2.70 bits per heavy atom. The van der Waals surface area contributed by atoms with Gasteiger partial charge in [-0.2, -0.15) is 0 Å². The van der Waals surface area contributed by atoms with Gasteiger partial charge in [0, 0.05) is 18.4 Å². The van der Waals surface area contributed by atoms with Crippen molar-refractivity contribution >= 4 is 15.7 Å². The smallest absolute Gasteiger partial charge is 0.263 e. The normalized spacial score (nSPS) is 11.6. The van der Waals surface area contributed by atoms with Crippen LogP contribution in [0.4, 0.5) is 10.1 Å². The van der Waals surface area contributed by atoms with E-state index in [1.807, 2.05) is 0 Å². The number of H-pyrrole nitrogens is 1. The molecule has 0 amide bonds. The summed E-state index contributed by atoms with van der Waals surface area (Å²) in [5, 5.41) is 2.92. The monoisotopic (exact) mass is 297 g/mol. The van der Waals surface area contributed by atoms with Crippen molar-refractivity contribution in [3.05, 3.63) is 47.5 Å². The van der Waals surface area contributed by atoms with E-state index in [2.05, 4.69) is 15.0 Å². The highest BCUT2D eigenvalue weighted by Gasteiger charge is 2.16. The molecule has 1 aromatic heterocycles. The van der Waals surface area contributed by atoms with Gasteiger partial charge in [0.05, 0.1) is 5.69 Å². The summed E-state index contributed by atoms with van der Waals surface area (Å²) in [6.45, 7) is 2.15. The first-order valence-electron chi connectivity index (χ1n) is 6.03. The molecule has 0 bridgehead atoms. The Hall–Kier alpha value is -1.86. The quantitative estimate of drug-likeness (QED) is 0.790. The number of hydrogen-bond donors (Lipinski definition) is 3. The molecular weight excluding hydrogens is 281 g/mol. The number of aromatic nitrogens is 1. The van der Waals surface area contributed by atoms with Crippen LogP contribution in [0, 0.1) is 12.7 Å². The number of sulfonamides is 1. The maximum absolute atomic E-state index is 13.4. The number of aryl methyl sites for hydroxylation is 1. The van der Waals surface area contributed by atoms with Crippen LogP contribution in [-0.2, 0) is 16.6 Å². The van der Waals surface area contributed by atoms with Gasteiger partial charge in [-0.15, -0.1) is 0 Å². The molecule has 20 heavy (non-hydrogen) atoms. The predicted octanol–water partition coefficient (Wildman–Crippen LogP) is 1.98. The summed E-state index contributed by atoms with van der Waals surface area (Å²) >= 11 is 0. The lowest BCUT2D eigenvalue weighted by molar-refractivity contribution is 0.601. The van der Waals surface area contributed by atoms with Gasteiger partial charge in [0.25, 0.3) is 10.0 Å². The first-order valence-corrected chi connectivity index (χ1v) is 7.51. The van der Waals surface area contributed by atoms with Crippen LogP contribution in [0.15, 0.2) is 35.4 Å². The van der Waals surface area contributed by atoms with Crippen molar-refractivity contribution < 1.29 is 12.8 Å². The molecule has 0 fully saturated rings. The Labute approximate surface area is 117 Å². The molecule has 2 rings (SSSR count). The van der Waals surface area contributed by atoms with E-state index in [1.165, 1.54) is 24.4 Å². The van der Waals surface area contributed by atoms with Crippen LogP contribution >= 0.6 is 0 Å². The zero-order valence-corrected chi connectivity index (χ0v) is 12.0. The number of anilines is 1. The maximum atomic E-state index is 13.4. The van der Waals surface area contributed by atoms with Gasteiger partial charge in [0.15, 0.2) is 0 Å². The van der Waals surface area contributed by atoms with Gasteiger partial charge < -0.3 is 10.3 Å². The van der Waals surface area contributed by atoms with Crippen molar-refractivity contribution in [3.63, 3.8) is 0 Å². The fraction of sp³-hybridized carbons (Fsp3) is 0.231. The summed E-state index contributed by atoms with van der Waals surface area (Å²) in [6.07, 6.45) is 1.40. The summed E-state index contributed by atoms with van der Waals surface area (Å²) < 4.78 is 40.0. The third-order valence-corrected chi connectivity index (χ3v) is 4.18. The summed E-state index contributed by atoms with van der Waals surface area (Å²) in [7, 11) is -1.95. The van der Waals surface area contributed by atoms with Crippen molar-refractivity contribution in [3.8, 4) is 0 Å². The SMILES string of the molecule is CNCc1cc(S(=O)(=O)Nc2ccc(C)c(F)c2)c[nH]1. The number of halogens is 1. The van der Waals surface area contributed by atoms with Crippen LogP contribution in [0.3, 0.4) is 0 Å². The van der Waals surface area contributed by atoms with Crippen LogP contribution in [0.25, 0.3) is 0 Å². The summed E-state index contributed by atoms with van der Waals surface area (Å²) in [6, 6.07) is 5.74. The molecule has 7 heteroatoms. The number of nitrogens with one attached hydrogen (secondary N) is 3. The number of benzene rings is 1. The topological polar surface area (TPSA) is 74.0 Å². The molecule has 0 saturated heterocycles. The Kier molecular flexibility index (Phi) is 4.10. The second-order valence-corrected chi connectivity index (χ2v) is 6.14. The van der Waals surface area contributed by atoms with Crippen LogP contribution in [0.1, 0.15) is 11.3 Å². The van der Waals surface area contributed by atoms with Crippen molar-refractivity contribution in [2.24, 2.45) is 0 Å². The van der Waals surface area contributed by atoms with E-state index in [0.717, 1.165) is 11.8 Å². The summed E-state index contributed by atoms with van der Waals surface area (Å²) in [4.78, 5) is 2.98. The van der Waals surface area contributed by atoms with E-state index in [4.69, 9.17) is 0 Å². The van der Waals surface area contributed by atoms with E-state index >= 15 is 0 Å². The minimum Gasteiger partial charge on any atom is -0.363 e. The maximum Gasteiger partial charge on any atom is 0.263 e. The first-order chi connectivity index (χ1) is 9.42. The Morgan fingerprint density at radius 2 is 2.05 bits per heavy atom. The third-order valence-electron chi connectivity index (χ3n) is 2.82. The van der Waals surface area contributed by atoms with Crippen LogP contribution in [0.5, 0.6) is 0 Å². The second kappa shape index (κ2) is 5.64. The van der Waals surface area contributed by atoms with Crippen molar-refractivity contribution in [2.75, 3.05) is 11.8 Å². The van der Waals surface area contributed by atoms with Crippen molar-refractivity contribution in [2.45, 2.75) is 18.4 Å². The molecule has 0 spiro atoms. The molecule has 0 atom stereocenters. The lowest BCUT2D eigenvalue weighted by Crippen LogP contribution is -2.12. The lowest BCUT2D eigenvalue weighted by Gasteiger charge is -2.07. The van der Waals surface area contributed by atoms with Gasteiger partial charge in [0.1, 0.15) is 10.7 Å². The molecule has 0 aliphatic heterocycles. The first kappa shape index (κ1) is 14.5. The fourth-order valence-corrected chi connectivity index (χ4v) is 2.80. The van der Waals surface area contributed by atoms with Crippen molar-refractivity contribution in [1.82, 2.24) is 10.3 Å². The number of aromatic amines is 1. The predicted molar refractivity (Wildman–Crippen MR) is 75.5 cm³/mol. The molecule has 0 unspecified atom stereocenters.